The molecule has 0 nitrogen and oxygen atoms in total. The minimum atomic E-state index is 0. The average molecular weight is 255 g/mol. The molecule has 0 aromatic carbocycles. The summed E-state index contributed by atoms with van der Waals surface area (Å²) in [5.74, 6) is 0. The van der Waals surface area contributed by atoms with Gasteiger partial charge in [0.2, 0.25) is 0 Å². The lowest BCUT2D eigenvalue weighted by molar-refractivity contribution is 0.484. The summed E-state index contributed by atoms with van der Waals surface area (Å²) in [6.07, 6.45) is 15.3. The molecular weight excluding hydrogens is 223 g/mol. The Balaban J connectivity index is 0.00000144. The Kier molecular flexibility index (Phi) is 7.08. The molecule has 2 aliphatic rings. The smallest absolute Gasteiger partial charge is 0.0486 e. The van der Waals surface area contributed by atoms with Crippen LogP contribution >= 0.6 is 7.92 Å². The van der Waals surface area contributed by atoms with Crippen molar-refractivity contribution in [2.24, 2.45) is 0 Å². The zero-order chi connectivity index (χ0) is 11.4. The molecule has 2 fully saturated rings. The van der Waals surface area contributed by atoms with E-state index in [4.69, 9.17) is 0 Å². The Labute approximate surface area is 111 Å². The third-order valence-electron chi connectivity index (χ3n) is 4.45. The molecule has 2 rings (SSSR count). The van der Waals surface area contributed by atoms with Gasteiger partial charge in [-0.3, -0.25) is 13.6 Å². The molecule has 0 atom stereocenters. The van der Waals surface area contributed by atoms with Crippen molar-refractivity contribution in [1.29, 1.82) is 0 Å². The molecule has 17 heavy (non-hydrogen) atoms. The quantitative estimate of drug-likeness (QED) is 0.407. The predicted molar refractivity (Wildman–Crippen MR) is 82.0 cm³/mol. The summed E-state index contributed by atoms with van der Waals surface area (Å²) in [5.41, 5.74) is 4.02. The largest absolute Gasteiger partial charge is 0.293 e. The molecule has 0 N–H and O–H groups in total. The van der Waals surface area contributed by atoms with E-state index in [2.05, 4.69) is 13.8 Å². The minimum Gasteiger partial charge on any atom is -0.293 e. The monoisotopic (exact) mass is 255 g/mol. The fraction of sp³-hybridized carbons (Fsp3) is 0.938. The van der Waals surface area contributed by atoms with Crippen molar-refractivity contribution in [3.63, 3.8) is 0 Å². The Bertz CT molecular complexity index is 170. The number of rotatable bonds is 3. The van der Waals surface area contributed by atoms with Crippen molar-refractivity contribution in [3.8, 4) is 0 Å². The molecule has 1 heteroatoms. The van der Waals surface area contributed by atoms with Crippen molar-refractivity contribution < 1.29 is 0 Å². The van der Waals surface area contributed by atoms with Crippen LogP contribution in [0, 0.1) is 5.66 Å². The zero-order valence-corrected chi connectivity index (χ0v) is 12.1. The SMILES string of the molecule is C.C[C-](C)P(C1CCCCC1)C1CCCCC1. The molecule has 0 aromatic heterocycles. The Morgan fingerprint density at radius 1 is 0.706 bits per heavy atom. The third kappa shape index (κ3) is 4.23. The van der Waals surface area contributed by atoms with Gasteiger partial charge < -0.3 is 0 Å². The lowest BCUT2D eigenvalue weighted by Gasteiger charge is -2.49. The van der Waals surface area contributed by atoms with Crippen LogP contribution in [0.5, 0.6) is 0 Å². The Hall–Kier alpha value is 0.430. The van der Waals surface area contributed by atoms with E-state index in [0.717, 1.165) is 11.3 Å². The van der Waals surface area contributed by atoms with E-state index in [1.807, 2.05) is 0 Å². The molecule has 0 bridgehead atoms. The van der Waals surface area contributed by atoms with E-state index in [0.29, 0.717) is 0 Å². The van der Waals surface area contributed by atoms with Gasteiger partial charge in [-0.2, -0.15) is 13.8 Å². The Morgan fingerprint density at radius 3 is 1.35 bits per heavy atom. The highest BCUT2D eigenvalue weighted by Gasteiger charge is 2.26. The van der Waals surface area contributed by atoms with Gasteiger partial charge in [-0.1, -0.05) is 46.0 Å². The fourth-order valence-corrected chi connectivity index (χ4v) is 7.65. The molecule has 0 saturated heterocycles. The number of hydrogen-bond donors (Lipinski definition) is 0. The molecule has 0 aromatic rings. The van der Waals surface area contributed by atoms with Crippen LogP contribution < -0.4 is 0 Å². The zero-order valence-electron chi connectivity index (χ0n) is 11.2. The van der Waals surface area contributed by atoms with Crippen molar-refractivity contribution in [2.45, 2.75) is 96.8 Å². The van der Waals surface area contributed by atoms with E-state index < -0.39 is 0 Å². The average Bonchev–Trinajstić information content (AvgIpc) is 2.31. The summed E-state index contributed by atoms with van der Waals surface area (Å²) >= 11 is 0. The molecule has 2 aliphatic carbocycles. The standard InChI is InChI=1S/C15H28P.CH4/c1-13(2)16(14-9-5-3-6-10-14)15-11-7-4-8-12-15;/h14-15H,3-12H2,1-2H3;1H4/q-1;. The highest BCUT2D eigenvalue weighted by molar-refractivity contribution is 7.62. The van der Waals surface area contributed by atoms with E-state index in [-0.39, 0.29) is 15.3 Å². The highest BCUT2D eigenvalue weighted by atomic mass is 31.1. The van der Waals surface area contributed by atoms with Gasteiger partial charge in [-0.05, 0) is 37.0 Å². The number of hydrogen-bond acceptors (Lipinski definition) is 0. The van der Waals surface area contributed by atoms with Gasteiger partial charge in [-0.25, -0.2) is 0 Å². The van der Waals surface area contributed by atoms with Crippen LogP contribution in [0.1, 0.15) is 85.5 Å². The summed E-state index contributed by atoms with van der Waals surface area (Å²) in [7, 11) is 0.261. The summed E-state index contributed by atoms with van der Waals surface area (Å²) in [5, 5.41) is 0. The molecule has 2 saturated carbocycles. The molecule has 0 spiro atoms. The van der Waals surface area contributed by atoms with Crippen LogP contribution in [0.4, 0.5) is 0 Å². The minimum absolute atomic E-state index is 0. The molecule has 0 heterocycles. The normalized spacial score (nSPS) is 24.0. The molecule has 0 radical (unpaired) electrons. The third-order valence-corrected chi connectivity index (χ3v) is 8.09. The van der Waals surface area contributed by atoms with E-state index in [9.17, 15) is 0 Å². The van der Waals surface area contributed by atoms with Crippen molar-refractivity contribution >= 4 is 7.92 Å². The van der Waals surface area contributed by atoms with Gasteiger partial charge in [-0.15, -0.1) is 0 Å². The fourth-order valence-electron chi connectivity index (χ4n) is 3.75. The summed E-state index contributed by atoms with van der Waals surface area (Å²) < 4.78 is 0. The van der Waals surface area contributed by atoms with Gasteiger partial charge >= 0.3 is 0 Å². The highest BCUT2D eigenvalue weighted by Crippen LogP contribution is 2.61. The maximum atomic E-state index is 2.43. The lowest BCUT2D eigenvalue weighted by Crippen LogP contribution is -2.22. The maximum Gasteiger partial charge on any atom is -0.0486 e. The van der Waals surface area contributed by atoms with Gasteiger partial charge in [0.1, 0.15) is 0 Å². The van der Waals surface area contributed by atoms with Gasteiger partial charge in [0.25, 0.3) is 0 Å². The first kappa shape index (κ1) is 15.5. The summed E-state index contributed by atoms with van der Waals surface area (Å²) in [6, 6.07) is 0. The van der Waals surface area contributed by atoms with Crippen molar-refractivity contribution in [3.05, 3.63) is 5.66 Å². The molecular formula is C16H32P-. The van der Waals surface area contributed by atoms with Crippen LogP contribution in [-0.2, 0) is 0 Å². The van der Waals surface area contributed by atoms with E-state index in [1.165, 1.54) is 38.5 Å². The second kappa shape index (κ2) is 7.78. The van der Waals surface area contributed by atoms with Crippen LogP contribution in [0.3, 0.4) is 0 Å². The van der Waals surface area contributed by atoms with Gasteiger partial charge in [0.05, 0.1) is 0 Å². The summed E-state index contributed by atoms with van der Waals surface area (Å²) in [4.78, 5) is 0. The molecule has 0 aliphatic heterocycles. The lowest BCUT2D eigenvalue weighted by atomic mass is 9.99. The maximum absolute atomic E-state index is 2.43. The van der Waals surface area contributed by atoms with E-state index in [1.54, 1.807) is 31.3 Å². The van der Waals surface area contributed by atoms with Crippen LogP contribution in [0.25, 0.3) is 0 Å². The van der Waals surface area contributed by atoms with Crippen LogP contribution in [0.2, 0.25) is 0 Å². The van der Waals surface area contributed by atoms with Crippen molar-refractivity contribution in [2.75, 3.05) is 0 Å². The first-order valence-corrected chi connectivity index (χ1v) is 8.85. The molecule has 0 amide bonds. The molecule has 102 valence electrons. The first-order chi connectivity index (χ1) is 7.79. The topological polar surface area (TPSA) is 0 Å². The second-order valence-corrected chi connectivity index (χ2v) is 9.11. The predicted octanol–water partition coefficient (Wildman–Crippen LogP) is 6.34. The molecule has 0 unspecified atom stereocenters. The van der Waals surface area contributed by atoms with E-state index >= 15 is 0 Å². The van der Waals surface area contributed by atoms with Crippen molar-refractivity contribution in [1.82, 2.24) is 0 Å². The van der Waals surface area contributed by atoms with Crippen LogP contribution in [-0.4, -0.2) is 11.3 Å². The Morgan fingerprint density at radius 2 is 1.06 bits per heavy atom. The van der Waals surface area contributed by atoms with Gasteiger partial charge in [0.15, 0.2) is 0 Å². The summed E-state index contributed by atoms with van der Waals surface area (Å²) in [6.45, 7) is 4.85. The first-order valence-electron chi connectivity index (χ1n) is 7.37. The second-order valence-electron chi connectivity index (χ2n) is 5.94. The van der Waals surface area contributed by atoms with Crippen LogP contribution in [0.15, 0.2) is 0 Å². The van der Waals surface area contributed by atoms with Gasteiger partial charge in [0, 0.05) is 0 Å².